The van der Waals surface area contributed by atoms with E-state index < -0.39 is 0 Å². The van der Waals surface area contributed by atoms with E-state index in [1.54, 1.807) is 20.2 Å². The smallest absolute Gasteiger partial charge is 0.272 e. The molecule has 2 rings (SSSR count). The van der Waals surface area contributed by atoms with Crippen molar-refractivity contribution in [1.82, 2.24) is 14.9 Å². The molecule has 2 N–H and O–H groups in total. The van der Waals surface area contributed by atoms with Crippen molar-refractivity contribution >= 4 is 11.9 Å². The van der Waals surface area contributed by atoms with Gasteiger partial charge in [-0.05, 0) is 24.6 Å². The molecule has 0 aliphatic heterocycles. The van der Waals surface area contributed by atoms with Gasteiger partial charge in [0.1, 0.15) is 11.4 Å². The van der Waals surface area contributed by atoms with Gasteiger partial charge in [-0.2, -0.15) is 0 Å². The Labute approximate surface area is 129 Å². The first-order chi connectivity index (χ1) is 10.5. The summed E-state index contributed by atoms with van der Waals surface area (Å²) < 4.78 is 5.73. The molecule has 1 aromatic carbocycles. The van der Waals surface area contributed by atoms with Gasteiger partial charge in [-0.25, -0.2) is 9.97 Å². The highest BCUT2D eigenvalue weighted by Crippen LogP contribution is 2.29. The topological polar surface area (TPSA) is 81.3 Å². The number of benzene rings is 1. The number of hydrogen-bond acceptors (Lipinski definition) is 5. The van der Waals surface area contributed by atoms with Gasteiger partial charge in [-0.3, -0.25) is 4.79 Å². The lowest BCUT2D eigenvalue weighted by molar-refractivity contribution is 0.0822. The number of anilines is 1. The van der Waals surface area contributed by atoms with Gasteiger partial charge in [-0.1, -0.05) is 19.1 Å². The minimum Gasteiger partial charge on any atom is -0.493 e. The third-order valence-electron chi connectivity index (χ3n) is 2.99. The van der Waals surface area contributed by atoms with Crippen molar-refractivity contribution in [2.75, 3.05) is 26.4 Å². The van der Waals surface area contributed by atoms with Gasteiger partial charge in [0, 0.05) is 19.7 Å². The van der Waals surface area contributed by atoms with Crippen LogP contribution in [0.5, 0.6) is 5.75 Å². The van der Waals surface area contributed by atoms with E-state index in [-0.39, 0.29) is 17.5 Å². The van der Waals surface area contributed by atoms with E-state index >= 15 is 0 Å². The lowest BCUT2D eigenvalue weighted by Gasteiger charge is -2.13. The number of nitrogen functional groups attached to an aromatic ring is 1. The Hall–Kier alpha value is -2.63. The van der Waals surface area contributed by atoms with Crippen molar-refractivity contribution < 1.29 is 9.53 Å². The molecule has 0 unspecified atom stereocenters. The SMILES string of the molecule is CCCOc1ccccc1-c1cc(C(=O)N(C)C)nc(N)n1. The van der Waals surface area contributed by atoms with Gasteiger partial charge in [0.05, 0.1) is 12.3 Å². The molecule has 0 atom stereocenters. The summed E-state index contributed by atoms with van der Waals surface area (Å²) in [6.45, 7) is 2.65. The number of para-hydroxylation sites is 1. The Balaban J connectivity index is 2.47. The lowest BCUT2D eigenvalue weighted by Crippen LogP contribution is -2.23. The first-order valence-corrected chi connectivity index (χ1v) is 7.11. The maximum atomic E-state index is 12.1. The number of nitrogens with zero attached hydrogens (tertiary/aromatic N) is 3. The molecule has 1 aromatic heterocycles. The Kier molecular flexibility index (Phi) is 4.93. The molecule has 0 bridgehead atoms. The van der Waals surface area contributed by atoms with Crippen LogP contribution in [0, 0.1) is 0 Å². The van der Waals surface area contributed by atoms with Crippen LogP contribution in [0.3, 0.4) is 0 Å². The lowest BCUT2D eigenvalue weighted by atomic mass is 10.1. The molecule has 0 saturated carbocycles. The summed E-state index contributed by atoms with van der Waals surface area (Å²) in [5.74, 6) is 0.556. The van der Waals surface area contributed by atoms with Crippen molar-refractivity contribution in [2.45, 2.75) is 13.3 Å². The molecular formula is C16H20N4O2. The van der Waals surface area contributed by atoms with Gasteiger partial charge >= 0.3 is 0 Å². The van der Waals surface area contributed by atoms with Crippen molar-refractivity contribution in [3.8, 4) is 17.0 Å². The number of amides is 1. The van der Waals surface area contributed by atoms with Crippen molar-refractivity contribution in [3.05, 3.63) is 36.0 Å². The van der Waals surface area contributed by atoms with Crippen LogP contribution in [0.1, 0.15) is 23.8 Å². The molecule has 1 heterocycles. The van der Waals surface area contributed by atoms with Crippen LogP contribution in [0.2, 0.25) is 0 Å². The van der Waals surface area contributed by atoms with Gasteiger partial charge in [0.2, 0.25) is 5.95 Å². The molecule has 0 aliphatic rings. The minimum absolute atomic E-state index is 0.0630. The average Bonchev–Trinajstić information content (AvgIpc) is 2.51. The first kappa shape index (κ1) is 15.8. The van der Waals surface area contributed by atoms with E-state index in [1.807, 2.05) is 31.2 Å². The van der Waals surface area contributed by atoms with E-state index in [9.17, 15) is 4.79 Å². The monoisotopic (exact) mass is 300 g/mol. The minimum atomic E-state index is -0.220. The van der Waals surface area contributed by atoms with E-state index in [2.05, 4.69) is 9.97 Å². The predicted molar refractivity (Wildman–Crippen MR) is 85.7 cm³/mol. The summed E-state index contributed by atoms with van der Waals surface area (Å²) >= 11 is 0. The molecule has 6 heteroatoms. The summed E-state index contributed by atoms with van der Waals surface area (Å²) in [5, 5.41) is 0. The number of carbonyl (C=O) groups is 1. The summed E-state index contributed by atoms with van der Waals surface area (Å²) in [7, 11) is 3.33. The molecule has 0 fully saturated rings. The van der Waals surface area contributed by atoms with Gasteiger partial charge < -0.3 is 15.4 Å². The third-order valence-corrected chi connectivity index (χ3v) is 2.99. The maximum Gasteiger partial charge on any atom is 0.272 e. The van der Waals surface area contributed by atoms with Crippen LogP contribution < -0.4 is 10.5 Å². The zero-order valence-corrected chi connectivity index (χ0v) is 13.0. The van der Waals surface area contributed by atoms with Crippen LogP contribution in [0.25, 0.3) is 11.3 Å². The molecule has 2 aromatic rings. The Morgan fingerprint density at radius 2 is 2.00 bits per heavy atom. The quantitative estimate of drug-likeness (QED) is 0.915. The zero-order valence-electron chi connectivity index (χ0n) is 13.0. The van der Waals surface area contributed by atoms with Crippen LogP contribution in [0.15, 0.2) is 30.3 Å². The molecule has 0 radical (unpaired) electrons. The Morgan fingerprint density at radius 1 is 1.27 bits per heavy atom. The van der Waals surface area contributed by atoms with E-state index in [0.29, 0.717) is 18.1 Å². The van der Waals surface area contributed by atoms with Crippen LogP contribution in [0.4, 0.5) is 5.95 Å². The predicted octanol–water partition coefficient (Wildman–Crippen LogP) is 2.22. The normalized spacial score (nSPS) is 10.3. The molecule has 22 heavy (non-hydrogen) atoms. The molecule has 0 spiro atoms. The highest BCUT2D eigenvalue weighted by atomic mass is 16.5. The van der Waals surface area contributed by atoms with E-state index in [0.717, 1.165) is 12.0 Å². The molecule has 0 saturated heterocycles. The molecule has 116 valence electrons. The number of carbonyl (C=O) groups excluding carboxylic acids is 1. The Morgan fingerprint density at radius 3 is 2.68 bits per heavy atom. The van der Waals surface area contributed by atoms with Crippen LogP contribution in [-0.2, 0) is 0 Å². The summed E-state index contributed by atoms with van der Waals surface area (Å²) in [6.07, 6.45) is 0.907. The van der Waals surface area contributed by atoms with Crippen molar-refractivity contribution in [3.63, 3.8) is 0 Å². The zero-order chi connectivity index (χ0) is 16.1. The summed E-state index contributed by atoms with van der Waals surface area (Å²) in [4.78, 5) is 21.8. The largest absolute Gasteiger partial charge is 0.493 e. The summed E-state index contributed by atoms with van der Waals surface area (Å²) in [6, 6.07) is 9.17. The third kappa shape index (κ3) is 3.52. The maximum absolute atomic E-state index is 12.1. The average molecular weight is 300 g/mol. The number of rotatable bonds is 5. The molecule has 1 amide bonds. The number of hydrogen-bond donors (Lipinski definition) is 1. The first-order valence-electron chi connectivity index (χ1n) is 7.11. The molecule has 6 nitrogen and oxygen atoms in total. The number of nitrogens with two attached hydrogens (primary N) is 1. The van der Waals surface area contributed by atoms with Crippen LogP contribution >= 0.6 is 0 Å². The second-order valence-corrected chi connectivity index (χ2v) is 5.04. The standard InChI is InChI=1S/C16H20N4O2/c1-4-9-22-14-8-6-5-7-11(14)12-10-13(15(21)20(2)3)19-16(17)18-12/h5-8,10H,4,9H2,1-3H3,(H2,17,18,19). The highest BCUT2D eigenvalue weighted by molar-refractivity contribution is 5.93. The van der Waals surface area contributed by atoms with Gasteiger partial charge in [0.15, 0.2) is 0 Å². The van der Waals surface area contributed by atoms with E-state index in [1.165, 1.54) is 4.90 Å². The van der Waals surface area contributed by atoms with Crippen LogP contribution in [-0.4, -0.2) is 41.5 Å². The second-order valence-electron chi connectivity index (χ2n) is 5.04. The molecular weight excluding hydrogens is 280 g/mol. The Bertz CT molecular complexity index is 671. The fourth-order valence-corrected chi connectivity index (χ4v) is 1.96. The fourth-order valence-electron chi connectivity index (χ4n) is 1.96. The highest BCUT2D eigenvalue weighted by Gasteiger charge is 2.15. The van der Waals surface area contributed by atoms with Gasteiger partial charge in [-0.15, -0.1) is 0 Å². The summed E-state index contributed by atoms with van der Waals surface area (Å²) in [5.41, 5.74) is 7.38. The number of aromatic nitrogens is 2. The van der Waals surface area contributed by atoms with Gasteiger partial charge in [0.25, 0.3) is 5.91 Å². The van der Waals surface area contributed by atoms with Crippen molar-refractivity contribution in [1.29, 1.82) is 0 Å². The van der Waals surface area contributed by atoms with E-state index in [4.69, 9.17) is 10.5 Å². The molecule has 0 aliphatic carbocycles. The second kappa shape index (κ2) is 6.89. The number of ether oxygens (including phenoxy) is 1. The van der Waals surface area contributed by atoms with Crippen molar-refractivity contribution in [2.24, 2.45) is 0 Å². The fraction of sp³-hybridized carbons (Fsp3) is 0.312.